The number of aryl methyl sites for hydroxylation is 1. The summed E-state index contributed by atoms with van der Waals surface area (Å²) >= 11 is 0. The number of nitrogens with one attached hydrogen (secondary N) is 2. The minimum Gasteiger partial charge on any atom is -0.497 e. The van der Waals surface area contributed by atoms with E-state index in [0.717, 1.165) is 53.6 Å². The smallest absolute Gasteiger partial charge is 0.252 e. The first kappa shape index (κ1) is 24.7. The fourth-order valence-corrected chi connectivity index (χ4v) is 4.96. The van der Waals surface area contributed by atoms with Gasteiger partial charge in [0.2, 0.25) is 0 Å². The maximum absolute atomic E-state index is 13.3. The predicted octanol–water partition coefficient (Wildman–Crippen LogP) is 4.65. The van der Waals surface area contributed by atoms with Crippen molar-refractivity contribution >= 4 is 24.0 Å². The molecule has 2 heterocycles. The lowest BCUT2D eigenvalue weighted by Gasteiger charge is -2.35. The van der Waals surface area contributed by atoms with Crippen molar-refractivity contribution < 1.29 is 14.3 Å². The van der Waals surface area contributed by atoms with Crippen molar-refractivity contribution in [2.75, 3.05) is 31.7 Å². The minimum absolute atomic E-state index is 0. The first-order chi connectivity index (χ1) is 16.0. The summed E-state index contributed by atoms with van der Waals surface area (Å²) in [6, 6.07) is 13.1. The van der Waals surface area contributed by atoms with E-state index in [2.05, 4.69) is 33.7 Å². The standard InChI is InChI=1S/C27H35N3O3.ClH/c1-17-4-9-23(30-14-21-7-8-22(15-30)29-21)12-26(17)27(31)28-18(2)20-10-24(32-3)13-25(11-20)33-16-19-5-6-19;/h4,9-13,18-19,21-22,29H,5-8,14-16H2,1-3H3,(H,28,31);1H/t18-,21-,22+;/m1./s1. The molecule has 2 bridgehead atoms. The summed E-state index contributed by atoms with van der Waals surface area (Å²) in [6.07, 6.45) is 4.98. The Bertz CT molecular complexity index is 1010. The number of hydrogen-bond donors (Lipinski definition) is 2. The molecule has 34 heavy (non-hydrogen) atoms. The van der Waals surface area contributed by atoms with E-state index in [1.165, 1.54) is 25.7 Å². The summed E-state index contributed by atoms with van der Waals surface area (Å²) in [5, 5.41) is 6.86. The molecule has 2 aromatic rings. The van der Waals surface area contributed by atoms with Gasteiger partial charge in [0.15, 0.2) is 0 Å². The molecule has 1 amide bonds. The first-order valence-corrected chi connectivity index (χ1v) is 12.2. The number of amides is 1. The van der Waals surface area contributed by atoms with E-state index in [1.807, 2.05) is 32.0 Å². The van der Waals surface area contributed by atoms with Crippen molar-refractivity contribution in [2.45, 2.75) is 57.7 Å². The topological polar surface area (TPSA) is 62.8 Å². The molecule has 2 N–H and O–H groups in total. The van der Waals surface area contributed by atoms with Gasteiger partial charge < -0.3 is 25.0 Å². The van der Waals surface area contributed by atoms with Gasteiger partial charge in [-0.3, -0.25) is 4.79 Å². The Hall–Kier alpha value is -2.44. The van der Waals surface area contributed by atoms with Gasteiger partial charge in [0.1, 0.15) is 11.5 Å². The van der Waals surface area contributed by atoms with Gasteiger partial charge >= 0.3 is 0 Å². The summed E-state index contributed by atoms with van der Waals surface area (Å²) in [4.78, 5) is 15.7. The molecule has 3 fully saturated rings. The zero-order chi connectivity index (χ0) is 22.9. The monoisotopic (exact) mass is 485 g/mol. The Morgan fingerprint density at radius 1 is 1.09 bits per heavy atom. The van der Waals surface area contributed by atoms with Gasteiger partial charge in [0.05, 0.1) is 19.8 Å². The molecule has 7 heteroatoms. The zero-order valence-corrected chi connectivity index (χ0v) is 21.1. The van der Waals surface area contributed by atoms with Crippen LogP contribution < -0.4 is 25.0 Å². The van der Waals surface area contributed by atoms with Crippen molar-refractivity contribution in [3.8, 4) is 11.5 Å². The molecule has 1 aliphatic carbocycles. The van der Waals surface area contributed by atoms with Crippen LogP contribution in [0.15, 0.2) is 36.4 Å². The Morgan fingerprint density at radius 3 is 2.47 bits per heavy atom. The van der Waals surface area contributed by atoms with E-state index in [-0.39, 0.29) is 24.4 Å². The van der Waals surface area contributed by atoms with Gasteiger partial charge in [-0.25, -0.2) is 0 Å². The molecule has 1 saturated carbocycles. The van der Waals surface area contributed by atoms with Gasteiger partial charge in [-0.2, -0.15) is 0 Å². The lowest BCUT2D eigenvalue weighted by molar-refractivity contribution is 0.0939. The quantitative estimate of drug-likeness (QED) is 0.570. The van der Waals surface area contributed by atoms with Crippen molar-refractivity contribution in [3.05, 3.63) is 53.1 Å². The second-order valence-electron chi connectivity index (χ2n) is 9.93. The highest BCUT2D eigenvalue weighted by atomic mass is 35.5. The van der Waals surface area contributed by atoms with Crippen LogP contribution >= 0.6 is 12.4 Å². The van der Waals surface area contributed by atoms with Crippen LogP contribution in [0.1, 0.15) is 60.1 Å². The maximum Gasteiger partial charge on any atom is 0.252 e. The van der Waals surface area contributed by atoms with E-state index < -0.39 is 0 Å². The summed E-state index contributed by atoms with van der Waals surface area (Å²) in [5.74, 6) is 2.16. The van der Waals surface area contributed by atoms with E-state index in [4.69, 9.17) is 9.47 Å². The normalized spacial score (nSPS) is 22.0. The fraction of sp³-hybridized carbons (Fsp3) is 0.519. The Kier molecular flexibility index (Phi) is 7.58. The number of benzene rings is 2. The van der Waals surface area contributed by atoms with E-state index in [0.29, 0.717) is 18.0 Å². The van der Waals surface area contributed by atoms with Crippen LogP contribution in [0.5, 0.6) is 11.5 Å². The molecule has 0 spiro atoms. The molecule has 2 saturated heterocycles. The summed E-state index contributed by atoms with van der Waals surface area (Å²) < 4.78 is 11.5. The number of nitrogens with zero attached hydrogens (tertiary/aromatic N) is 1. The summed E-state index contributed by atoms with van der Waals surface area (Å²) in [5.41, 5.74) is 3.83. The number of halogens is 1. The number of methoxy groups -OCH3 is 1. The summed E-state index contributed by atoms with van der Waals surface area (Å²) in [7, 11) is 1.66. The molecule has 3 atom stereocenters. The van der Waals surface area contributed by atoms with Crippen LogP contribution in [0.25, 0.3) is 0 Å². The van der Waals surface area contributed by atoms with Crippen LogP contribution in [0.4, 0.5) is 5.69 Å². The van der Waals surface area contributed by atoms with E-state index in [9.17, 15) is 4.79 Å². The summed E-state index contributed by atoms with van der Waals surface area (Å²) in [6.45, 7) is 6.76. The average molecular weight is 486 g/mol. The second kappa shape index (κ2) is 10.4. The highest BCUT2D eigenvalue weighted by Crippen LogP contribution is 2.32. The SMILES string of the molecule is COc1cc(OCC2CC2)cc([C@@H](C)NC(=O)c2cc(N3C[C@H]4CC[C@@H](C3)N4)ccc2C)c1.Cl. The van der Waals surface area contributed by atoms with Crippen LogP contribution in [0.3, 0.4) is 0 Å². The van der Waals surface area contributed by atoms with Crippen LogP contribution in [-0.4, -0.2) is 44.8 Å². The molecule has 2 aromatic carbocycles. The maximum atomic E-state index is 13.3. The minimum atomic E-state index is -0.172. The van der Waals surface area contributed by atoms with Gasteiger partial charge in [0, 0.05) is 42.5 Å². The molecular formula is C27H36ClN3O3. The Morgan fingerprint density at radius 2 is 1.79 bits per heavy atom. The number of carbonyl (C=O) groups is 1. The molecule has 6 nitrogen and oxygen atoms in total. The van der Waals surface area contributed by atoms with Crippen LogP contribution in [-0.2, 0) is 0 Å². The van der Waals surface area contributed by atoms with Crippen LogP contribution in [0.2, 0.25) is 0 Å². The third-order valence-electron chi connectivity index (χ3n) is 7.22. The Labute approximate surface area is 208 Å². The molecule has 5 rings (SSSR count). The number of ether oxygens (including phenoxy) is 2. The van der Waals surface area contributed by atoms with E-state index in [1.54, 1.807) is 7.11 Å². The molecule has 3 aliphatic rings. The fourth-order valence-electron chi connectivity index (χ4n) is 4.96. The molecule has 184 valence electrons. The number of fused-ring (bicyclic) bond motifs is 2. The third kappa shape index (κ3) is 5.61. The van der Waals surface area contributed by atoms with Crippen LogP contribution in [0, 0.1) is 12.8 Å². The molecule has 0 aromatic heterocycles. The van der Waals surface area contributed by atoms with Gasteiger partial charge in [-0.05, 0) is 80.8 Å². The molecular weight excluding hydrogens is 450 g/mol. The molecule has 2 aliphatic heterocycles. The van der Waals surface area contributed by atoms with E-state index >= 15 is 0 Å². The molecule has 0 radical (unpaired) electrons. The zero-order valence-electron chi connectivity index (χ0n) is 20.3. The highest BCUT2D eigenvalue weighted by molar-refractivity contribution is 5.96. The van der Waals surface area contributed by atoms with Gasteiger partial charge in [-0.1, -0.05) is 6.07 Å². The number of piperazine rings is 1. The van der Waals surface area contributed by atoms with Crippen molar-refractivity contribution in [1.29, 1.82) is 0 Å². The predicted molar refractivity (Wildman–Crippen MR) is 138 cm³/mol. The van der Waals surface area contributed by atoms with Gasteiger partial charge in [-0.15, -0.1) is 12.4 Å². The number of anilines is 1. The average Bonchev–Trinajstić information content (AvgIpc) is 3.60. The molecule has 0 unspecified atom stereocenters. The number of carbonyl (C=O) groups excluding carboxylic acids is 1. The lowest BCUT2D eigenvalue weighted by atomic mass is 10.0. The lowest BCUT2D eigenvalue weighted by Crippen LogP contribution is -2.51. The van der Waals surface area contributed by atoms with Gasteiger partial charge in [0.25, 0.3) is 5.91 Å². The van der Waals surface area contributed by atoms with Crippen molar-refractivity contribution in [3.63, 3.8) is 0 Å². The Balaban J connectivity index is 0.00000274. The number of hydrogen-bond acceptors (Lipinski definition) is 5. The van der Waals surface area contributed by atoms with Crippen molar-refractivity contribution in [2.24, 2.45) is 5.92 Å². The first-order valence-electron chi connectivity index (χ1n) is 12.2. The van der Waals surface area contributed by atoms with Crippen molar-refractivity contribution in [1.82, 2.24) is 10.6 Å². The second-order valence-corrected chi connectivity index (χ2v) is 9.93. The number of rotatable bonds is 8. The highest BCUT2D eigenvalue weighted by Gasteiger charge is 2.32. The third-order valence-corrected chi connectivity index (χ3v) is 7.22. The largest absolute Gasteiger partial charge is 0.497 e.